The van der Waals surface area contributed by atoms with Crippen molar-refractivity contribution in [2.75, 3.05) is 0 Å². The number of primary amides is 1. The fraction of sp³-hybridized carbons (Fsp3) is 0.176. The summed E-state index contributed by atoms with van der Waals surface area (Å²) in [7, 11) is 0. The highest BCUT2D eigenvalue weighted by atomic mass is 16.2. The number of urea groups is 1. The Morgan fingerprint density at radius 2 is 1.52 bits per heavy atom. The first kappa shape index (κ1) is 14.8. The quantitative estimate of drug-likeness (QED) is 0.641. The molecule has 108 valence electrons. The minimum atomic E-state index is -0.652. The van der Waals surface area contributed by atoms with E-state index in [1.165, 1.54) is 0 Å². The minimum Gasteiger partial charge on any atom is -0.350 e. The van der Waals surface area contributed by atoms with Gasteiger partial charge in [-0.15, -0.1) is 0 Å². The summed E-state index contributed by atoms with van der Waals surface area (Å²) in [6, 6.07) is 19.6. The van der Waals surface area contributed by atoms with E-state index >= 15 is 0 Å². The van der Waals surface area contributed by atoms with Gasteiger partial charge in [0.05, 0.1) is 0 Å². The molecule has 0 radical (unpaired) electrons. The van der Waals surface area contributed by atoms with Crippen molar-refractivity contribution in [1.82, 2.24) is 5.43 Å². The number of hydrazone groups is 1. The SMILES string of the molecule is CC/C(=N\NC(N)=O)C(c1ccccc1)c1ccccc1. The number of nitrogens with two attached hydrogens (primary N) is 1. The molecule has 0 unspecified atom stereocenters. The monoisotopic (exact) mass is 281 g/mol. The van der Waals surface area contributed by atoms with Crippen LogP contribution < -0.4 is 11.2 Å². The maximum Gasteiger partial charge on any atom is 0.332 e. The third-order valence-corrected chi connectivity index (χ3v) is 3.27. The van der Waals surface area contributed by atoms with Gasteiger partial charge in [0, 0.05) is 11.6 Å². The van der Waals surface area contributed by atoms with Gasteiger partial charge in [-0.3, -0.25) is 0 Å². The smallest absolute Gasteiger partial charge is 0.332 e. The number of amides is 2. The van der Waals surface area contributed by atoms with Crippen LogP contribution in [-0.2, 0) is 0 Å². The molecule has 0 saturated heterocycles. The topological polar surface area (TPSA) is 67.5 Å². The Balaban J connectivity index is 2.45. The van der Waals surface area contributed by atoms with Gasteiger partial charge < -0.3 is 5.73 Å². The van der Waals surface area contributed by atoms with Crippen LogP contribution in [0.2, 0.25) is 0 Å². The van der Waals surface area contributed by atoms with Crippen molar-refractivity contribution in [2.45, 2.75) is 19.3 Å². The molecule has 0 bridgehead atoms. The summed E-state index contributed by atoms with van der Waals surface area (Å²) in [4.78, 5) is 10.9. The van der Waals surface area contributed by atoms with Crippen LogP contribution in [0.5, 0.6) is 0 Å². The van der Waals surface area contributed by atoms with Gasteiger partial charge in [-0.2, -0.15) is 5.10 Å². The largest absolute Gasteiger partial charge is 0.350 e. The lowest BCUT2D eigenvalue weighted by molar-refractivity contribution is 0.249. The lowest BCUT2D eigenvalue weighted by Crippen LogP contribution is -2.27. The van der Waals surface area contributed by atoms with Gasteiger partial charge in [0.15, 0.2) is 0 Å². The van der Waals surface area contributed by atoms with Gasteiger partial charge in [-0.25, -0.2) is 10.2 Å². The van der Waals surface area contributed by atoms with Crippen LogP contribution in [0.15, 0.2) is 65.8 Å². The molecule has 0 fully saturated rings. The summed E-state index contributed by atoms with van der Waals surface area (Å²) in [5, 5.41) is 4.19. The normalized spacial score (nSPS) is 11.4. The summed E-state index contributed by atoms with van der Waals surface area (Å²) in [6.45, 7) is 2.01. The van der Waals surface area contributed by atoms with Gasteiger partial charge in [-0.1, -0.05) is 67.6 Å². The Kier molecular flexibility index (Phi) is 5.10. The Hall–Kier alpha value is -2.62. The fourth-order valence-corrected chi connectivity index (χ4v) is 2.34. The maximum atomic E-state index is 10.9. The molecule has 2 rings (SSSR count). The Labute approximate surface area is 124 Å². The number of nitrogens with one attached hydrogen (secondary N) is 1. The second-order valence-electron chi connectivity index (χ2n) is 4.69. The van der Waals surface area contributed by atoms with Gasteiger partial charge in [0.2, 0.25) is 0 Å². The van der Waals surface area contributed by atoms with Crippen molar-refractivity contribution in [3.05, 3.63) is 71.8 Å². The Bertz CT molecular complexity index is 569. The molecule has 4 heteroatoms. The van der Waals surface area contributed by atoms with Crippen molar-refractivity contribution in [2.24, 2.45) is 10.8 Å². The molecule has 0 heterocycles. The highest BCUT2D eigenvalue weighted by Crippen LogP contribution is 2.27. The van der Waals surface area contributed by atoms with E-state index in [2.05, 4.69) is 34.8 Å². The fourth-order valence-electron chi connectivity index (χ4n) is 2.34. The highest BCUT2D eigenvalue weighted by molar-refractivity contribution is 5.94. The molecule has 4 nitrogen and oxygen atoms in total. The zero-order valence-corrected chi connectivity index (χ0v) is 12.0. The van der Waals surface area contributed by atoms with E-state index < -0.39 is 6.03 Å². The Morgan fingerprint density at radius 3 is 1.90 bits per heavy atom. The minimum absolute atomic E-state index is 0.00394. The van der Waals surface area contributed by atoms with Crippen LogP contribution in [0.3, 0.4) is 0 Å². The predicted octanol–water partition coefficient (Wildman–Crippen LogP) is 3.25. The summed E-state index contributed by atoms with van der Waals surface area (Å²) in [6.07, 6.45) is 0.717. The molecule has 0 aliphatic carbocycles. The van der Waals surface area contributed by atoms with Crippen LogP contribution in [0.1, 0.15) is 30.4 Å². The molecular weight excluding hydrogens is 262 g/mol. The lowest BCUT2D eigenvalue weighted by Gasteiger charge is -2.19. The molecule has 2 aromatic carbocycles. The van der Waals surface area contributed by atoms with Gasteiger partial charge in [-0.05, 0) is 17.5 Å². The first-order valence-corrected chi connectivity index (χ1v) is 6.94. The van der Waals surface area contributed by atoms with E-state index in [-0.39, 0.29) is 5.92 Å². The van der Waals surface area contributed by atoms with Crippen molar-refractivity contribution >= 4 is 11.7 Å². The predicted molar refractivity (Wildman–Crippen MR) is 85.2 cm³/mol. The van der Waals surface area contributed by atoms with Crippen LogP contribution in [-0.4, -0.2) is 11.7 Å². The molecule has 21 heavy (non-hydrogen) atoms. The van der Waals surface area contributed by atoms with Crippen LogP contribution in [0.25, 0.3) is 0 Å². The molecule has 0 spiro atoms. The highest BCUT2D eigenvalue weighted by Gasteiger charge is 2.19. The number of carbonyl (C=O) groups excluding carboxylic acids is 1. The first-order chi connectivity index (χ1) is 10.2. The van der Waals surface area contributed by atoms with Crippen molar-refractivity contribution in [3.8, 4) is 0 Å². The van der Waals surface area contributed by atoms with Crippen LogP contribution >= 0.6 is 0 Å². The second kappa shape index (κ2) is 7.24. The maximum absolute atomic E-state index is 10.9. The molecule has 0 atom stereocenters. The zero-order valence-electron chi connectivity index (χ0n) is 12.0. The zero-order chi connectivity index (χ0) is 15.1. The number of rotatable bonds is 5. The first-order valence-electron chi connectivity index (χ1n) is 6.94. The van der Waals surface area contributed by atoms with Crippen molar-refractivity contribution in [1.29, 1.82) is 0 Å². The molecular formula is C17H19N3O. The molecule has 0 aromatic heterocycles. The summed E-state index contributed by atoms with van der Waals surface area (Å²) in [5.41, 5.74) is 10.6. The summed E-state index contributed by atoms with van der Waals surface area (Å²) in [5.74, 6) is 0.00394. The number of hydrogen-bond donors (Lipinski definition) is 2. The second-order valence-corrected chi connectivity index (χ2v) is 4.69. The number of carbonyl (C=O) groups is 1. The van der Waals surface area contributed by atoms with E-state index in [0.717, 1.165) is 16.8 Å². The molecule has 0 aliphatic heterocycles. The average Bonchev–Trinajstić information content (AvgIpc) is 2.53. The number of benzene rings is 2. The van der Waals surface area contributed by atoms with Crippen LogP contribution in [0.4, 0.5) is 4.79 Å². The number of nitrogens with zero attached hydrogens (tertiary/aromatic N) is 1. The van der Waals surface area contributed by atoms with Gasteiger partial charge in [0.1, 0.15) is 0 Å². The van der Waals surface area contributed by atoms with E-state index in [1.54, 1.807) is 0 Å². The average molecular weight is 281 g/mol. The third-order valence-electron chi connectivity index (χ3n) is 3.27. The third kappa shape index (κ3) is 3.92. The molecule has 2 amide bonds. The van der Waals surface area contributed by atoms with Crippen molar-refractivity contribution < 1.29 is 4.79 Å². The molecule has 0 saturated carbocycles. The van der Waals surface area contributed by atoms with E-state index in [0.29, 0.717) is 6.42 Å². The van der Waals surface area contributed by atoms with E-state index in [4.69, 9.17) is 5.73 Å². The van der Waals surface area contributed by atoms with Crippen LogP contribution in [0, 0.1) is 0 Å². The van der Waals surface area contributed by atoms with E-state index in [1.807, 2.05) is 43.3 Å². The molecule has 0 aliphatic rings. The number of hydrogen-bond acceptors (Lipinski definition) is 2. The summed E-state index contributed by atoms with van der Waals surface area (Å²) < 4.78 is 0. The van der Waals surface area contributed by atoms with E-state index in [9.17, 15) is 4.79 Å². The summed E-state index contributed by atoms with van der Waals surface area (Å²) >= 11 is 0. The molecule has 2 aromatic rings. The van der Waals surface area contributed by atoms with Gasteiger partial charge >= 0.3 is 6.03 Å². The molecule has 3 N–H and O–H groups in total. The van der Waals surface area contributed by atoms with Gasteiger partial charge in [0.25, 0.3) is 0 Å². The standard InChI is InChI=1S/C17H19N3O/c1-2-15(19-20-17(18)21)16(13-9-5-3-6-10-13)14-11-7-4-8-12-14/h3-12,16H,2H2,1H3,(H3,18,20,21)/b19-15+. The Morgan fingerprint density at radius 1 is 1.05 bits per heavy atom. The van der Waals surface area contributed by atoms with Crippen molar-refractivity contribution in [3.63, 3.8) is 0 Å². The lowest BCUT2D eigenvalue weighted by atomic mass is 9.86.